The Bertz CT molecular complexity index is 474. The van der Waals surface area contributed by atoms with Crippen molar-refractivity contribution in [3.05, 3.63) is 41.5 Å². The Kier molecular flexibility index (Phi) is 2.47. The maximum absolute atomic E-state index is 11.9. The number of benzene rings is 1. The van der Waals surface area contributed by atoms with Crippen LogP contribution < -0.4 is 0 Å². The van der Waals surface area contributed by atoms with Crippen molar-refractivity contribution >= 4 is 18.4 Å². The Hall–Kier alpha value is -1.75. The highest BCUT2D eigenvalue weighted by Gasteiger charge is 2.19. The Morgan fingerprint density at radius 1 is 1.33 bits per heavy atom. The molecule has 0 bridgehead atoms. The Balaban J connectivity index is 2.46. The van der Waals surface area contributed by atoms with Gasteiger partial charge >= 0.3 is 0 Å². The van der Waals surface area contributed by atoms with Crippen LogP contribution >= 0.6 is 12.6 Å². The van der Waals surface area contributed by atoms with Crippen LogP contribution in [0.1, 0.15) is 15.9 Å². The summed E-state index contributed by atoms with van der Waals surface area (Å²) in [5, 5.41) is 15.5. The van der Waals surface area contributed by atoms with Crippen LogP contribution in [0.2, 0.25) is 0 Å². The van der Waals surface area contributed by atoms with Crippen molar-refractivity contribution in [2.45, 2.75) is 5.03 Å². The van der Waals surface area contributed by atoms with Gasteiger partial charge in [-0.2, -0.15) is 5.10 Å². The van der Waals surface area contributed by atoms with Gasteiger partial charge in [-0.15, -0.1) is 12.6 Å². The first-order valence-electron chi connectivity index (χ1n) is 4.26. The van der Waals surface area contributed by atoms with E-state index in [2.05, 4.69) is 22.8 Å². The van der Waals surface area contributed by atoms with Gasteiger partial charge in [0.1, 0.15) is 10.6 Å². The third kappa shape index (κ3) is 1.73. The summed E-state index contributed by atoms with van der Waals surface area (Å²) < 4.78 is 0. The van der Waals surface area contributed by atoms with E-state index in [0.29, 0.717) is 5.56 Å². The molecular formula is C10H8N2O2S. The molecule has 0 atom stereocenters. The van der Waals surface area contributed by atoms with Gasteiger partial charge in [-0.25, -0.2) is 5.10 Å². The minimum Gasteiger partial charge on any atom is -0.493 e. The van der Waals surface area contributed by atoms with Crippen LogP contribution in [-0.2, 0) is 0 Å². The maximum Gasteiger partial charge on any atom is 0.219 e. The van der Waals surface area contributed by atoms with Crippen molar-refractivity contribution in [3.63, 3.8) is 0 Å². The van der Waals surface area contributed by atoms with E-state index in [1.807, 2.05) is 6.07 Å². The number of ketones is 1. The van der Waals surface area contributed by atoms with Crippen molar-refractivity contribution in [1.82, 2.24) is 10.2 Å². The molecule has 2 aromatic rings. The summed E-state index contributed by atoms with van der Waals surface area (Å²) in [6.45, 7) is 0. The van der Waals surface area contributed by atoms with Crippen LogP contribution in [0.4, 0.5) is 0 Å². The Morgan fingerprint density at radius 2 is 2.00 bits per heavy atom. The average molecular weight is 220 g/mol. The summed E-state index contributed by atoms with van der Waals surface area (Å²) in [5.74, 6) is -0.555. The number of hydrogen-bond acceptors (Lipinski definition) is 4. The predicted molar refractivity (Wildman–Crippen MR) is 57.4 cm³/mol. The number of rotatable bonds is 2. The van der Waals surface area contributed by atoms with E-state index in [1.54, 1.807) is 24.3 Å². The number of nitrogens with one attached hydrogen (secondary N) is 1. The van der Waals surface area contributed by atoms with E-state index >= 15 is 0 Å². The number of aromatic amines is 1. The first-order valence-corrected chi connectivity index (χ1v) is 4.71. The molecule has 1 aromatic heterocycles. The van der Waals surface area contributed by atoms with Crippen LogP contribution in [0.15, 0.2) is 35.4 Å². The van der Waals surface area contributed by atoms with Gasteiger partial charge < -0.3 is 5.11 Å². The second kappa shape index (κ2) is 3.78. The maximum atomic E-state index is 11.9. The molecular weight excluding hydrogens is 212 g/mol. The van der Waals surface area contributed by atoms with Crippen LogP contribution in [0, 0.1) is 0 Å². The second-order valence-corrected chi connectivity index (χ2v) is 3.39. The number of nitrogens with zero attached hydrogens (tertiary/aromatic N) is 1. The summed E-state index contributed by atoms with van der Waals surface area (Å²) in [7, 11) is 0. The van der Waals surface area contributed by atoms with E-state index in [1.165, 1.54) is 0 Å². The average Bonchev–Trinajstić information content (AvgIpc) is 2.59. The molecule has 0 saturated heterocycles. The number of aromatic hydroxyl groups is 1. The van der Waals surface area contributed by atoms with Gasteiger partial charge in [0.15, 0.2) is 0 Å². The molecule has 76 valence electrons. The molecule has 1 heterocycles. The van der Waals surface area contributed by atoms with Crippen LogP contribution in [0.5, 0.6) is 5.88 Å². The van der Waals surface area contributed by atoms with Crippen LogP contribution in [0.3, 0.4) is 0 Å². The second-order valence-electron chi connectivity index (χ2n) is 2.97. The molecule has 4 nitrogen and oxygen atoms in total. The fourth-order valence-corrected chi connectivity index (χ4v) is 1.52. The number of carbonyl (C=O) groups is 1. The van der Waals surface area contributed by atoms with Crippen molar-refractivity contribution in [2.24, 2.45) is 0 Å². The molecule has 2 N–H and O–H groups in total. The third-order valence-corrected chi connectivity index (χ3v) is 2.31. The van der Waals surface area contributed by atoms with Crippen molar-refractivity contribution in [1.29, 1.82) is 0 Å². The van der Waals surface area contributed by atoms with Crippen molar-refractivity contribution in [2.75, 3.05) is 0 Å². The number of aromatic nitrogens is 2. The van der Waals surface area contributed by atoms with Gasteiger partial charge in [0.05, 0.1) is 0 Å². The topological polar surface area (TPSA) is 66.0 Å². The molecule has 0 aliphatic heterocycles. The first kappa shape index (κ1) is 9.79. The van der Waals surface area contributed by atoms with Gasteiger partial charge in [0, 0.05) is 5.56 Å². The summed E-state index contributed by atoms with van der Waals surface area (Å²) in [6, 6.07) is 8.66. The first-order chi connectivity index (χ1) is 7.20. The SMILES string of the molecule is O=C(c1ccccc1)c1c(S)n[nH]c1O. The molecule has 0 unspecified atom stereocenters. The largest absolute Gasteiger partial charge is 0.493 e. The lowest BCUT2D eigenvalue weighted by Crippen LogP contribution is -2.00. The lowest BCUT2D eigenvalue weighted by Gasteiger charge is -1.98. The monoisotopic (exact) mass is 220 g/mol. The molecule has 0 saturated carbocycles. The molecule has 0 radical (unpaired) electrons. The summed E-state index contributed by atoms with van der Waals surface area (Å²) in [4.78, 5) is 11.9. The van der Waals surface area contributed by atoms with E-state index in [0.717, 1.165) is 0 Å². The molecule has 5 heteroatoms. The minimum atomic E-state index is -0.299. The summed E-state index contributed by atoms with van der Waals surface area (Å²) >= 11 is 3.99. The van der Waals surface area contributed by atoms with Gasteiger partial charge in [-0.1, -0.05) is 30.3 Å². The van der Waals surface area contributed by atoms with Gasteiger partial charge in [0.2, 0.25) is 11.7 Å². The standard InChI is InChI=1S/C10H8N2O2S/c13-8(6-4-2-1-3-5-6)7-9(14)11-12-10(7)15/h1-5H,(H3,11,12,14,15). The van der Waals surface area contributed by atoms with E-state index in [9.17, 15) is 9.90 Å². The minimum absolute atomic E-state index is 0.101. The van der Waals surface area contributed by atoms with E-state index < -0.39 is 0 Å². The van der Waals surface area contributed by atoms with Gasteiger partial charge in [-0.05, 0) is 0 Å². The number of H-pyrrole nitrogens is 1. The number of carbonyl (C=O) groups excluding carboxylic acids is 1. The Morgan fingerprint density at radius 3 is 2.53 bits per heavy atom. The van der Waals surface area contributed by atoms with Gasteiger partial charge in [-0.3, -0.25) is 4.79 Å². The van der Waals surface area contributed by atoms with Crippen molar-refractivity contribution in [3.8, 4) is 5.88 Å². The van der Waals surface area contributed by atoms with Crippen LogP contribution in [0.25, 0.3) is 0 Å². The molecule has 0 spiro atoms. The van der Waals surface area contributed by atoms with E-state index in [4.69, 9.17) is 0 Å². The zero-order valence-electron chi connectivity index (χ0n) is 7.64. The lowest BCUT2D eigenvalue weighted by molar-refractivity contribution is 0.103. The molecule has 2 rings (SSSR count). The van der Waals surface area contributed by atoms with E-state index in [-0.39, 0.29) is 22.3 Å². The quantitative estimate of drug-likeness (QED) is 0.532. The molecule has 1 aromatic carbocycles. The predicted octanol–water partition coefficient (Wildman–Crippen LogP) is 1.63. The molecule has 0 aliphatic carbocycles. The van der Waals surface area contributed by atoms with Crippen LogP contribution in [-0.4, -0.2) is 21.1 Å². The van der Waals surface area contributed by atoms with Crippen molar-refractivity contribution < 1.29 is 9.90 Å². The van der Waals surface area contributed by atoms with Gasteiger partial charge in [0.25, 0.3) is 0 Å². The number of hydrogen-bond donors (Lipinski definition) is 3. The normalized spacial score (nSPS) is 10.2. The number of thiol groups is 1. The summed E-state index contributed by atoms with van der Waals surface area (Å²) in [5.41, 5.74) is 0.592. The highest BCUT2D eigenvalue weighted by atomic mass is 32.1. The molecule has 0 aliphatic rings. The third-order valence-electron chi connectivity index (χ3n) is 1.99. The summed E-state index contributed by atoms with van der Waals surface area (Å²) in [6.07, 6.45) is 0. The zero-order chi connectivity index (χ0) is 10.8. The molecule has 0 fully saturated rings. The smallest absolute Gasteiger partial charge is 0.219 e. The zero-order valence-corrected chi connectivity index (χ0v) is 8.53. The lowest BCUT2D eigenvalue weighted by atomic mass is 10.1. The fourth-order valence-electron chi connectivity index (χ4n) is 1.27. The Labute approximate surface area is 91.4 Å². The highest BCUT2D eigenvalue weighted by molar-refractivity contribution is 7.80. The fraction of sp³-hybridized carbons (Fsp3) is 0. The molecule has 0 amide bonds. The molecule has 15 heavy (non-hydrogen) atoms. The highest BCUT2D eigenvalue weighted by Crippen LogP contribution is 2.23.